The van der Waals surface area contributed by atoms with Gasteiger partial charge in [0.1, 0.15) is 0 Å². The standard InChI is InChI=1S/C13H13N5O2/c19-12(14-4-8-5-16-17-6-8)9-1-2-10-7-15-13(20)18-11(10)3-9/h1-3,5-6H,4,7H2,(H,14,19)(H,16,17)(H2,15,18,20). The molecule has 7 nitrogen and oxygen atoms in total. The highest BCUT2D eigenvalue weighted by molar-refractivity contribution is 5.98. The van der Waals surface area contributed by atoms with Crippen molar-refractivity contribution in [3.8, 4) is 0 Å². The number of hydrogen-bond acceptors (Lipinski definition) is 3. The Morgan fingerprint density at radius 2 is 2.30 bits per heavy atom. The quantitative estimate of drug-likeness (QED) is 0.669. The molecule has 3 amide bonds. The third-order valence-corrected chi connectivity index (χ3v) is 3.07. The summed E-state index contributed by atoms with van der Waals surface area (Å²) in [4.78, 5) is 23.3. The molecule has 1 aliphatic heterocycles. The van der Waals surface area contributed by atoms with Gasteiger partial charge in [0.2, 0.25) is 0 Å². The lowest BCUT2D eigenvalue weighted by atomic mass is 10.1. The molecule has 0 radical (unpaired) electrons. The number of hydrogen-bond donors (Lipinski definition) is 4. The van der Waals surface area contributed by atoms with Gasteiger partial charge in [0.05, 0.1) is 6.20 Å². The predicted molar refractivity (Wildman–Crippen MR) is 72.1 cm³/mol. The number of amides is 3. The Bertz CT molecular complexity index is 651. The van der Waals surface area contributed by atoms with Crippen molar-refractivity contribution in [1.82, 2.24) is 20.8 Å². The molecule has 0 fully saturated rings. The summed E-state index contributed by atoms with van der Waals surface area (Å²) in [5.74, 6) is -0.193. The van der Waals surface area contributed by atoms with Gasteiger partial charge in [-0.1, -0.05) is 6.07 Å². The number of benzene rings is 1. The molecule has 7 heteroatoms. The van der Waals surface area contributed by atoms with Crippen LogP contribution in [0.15, 0.2) is 30.6 Å². The summed E-state index contributed by atoms with van der Waals surface area (Å²) in [5.41, 5.74) is 3.03. The van der Waals surface area contributed by atoms with Gasteiger partial charge in [0.15, 0.2) is 0 Å². The van der Waals surface area contributed by atoms with Crippen molar-refractivity contribution >= 4 is 17.6 Å². The summed E-state index contributed by atoms with van der Waals surface area (Å²) < 4.78 is 0. The number of fused-ring (bicyclic) bond motifs is 1. The van der Waals surface area contributed by atoms with Crippen LogP contribution < -0.4 is 16.0 Å². The zero-order valence-electron chi connectivity index (χ0n) is 10.6. The smallest absolute Gasteiger partial charge is 0.319 e. The van der Waals surface area contributed by atoms with E-state index in [0.29, 0.717) is 24.3 Å². The van der Waals surface area contributed by atoms with Gasteiger partial charge >= 0.3 is 6.03 Å². The molecule has 1 aromatic carbocycles. The Morgan fingerprint density at radius 3 is 3.10 bits per heavy atom. The zero-order chi connectivity index (χ0) is 13.9. The first-order valence-corrected chi connectivity index (χ1v) is 6.16. The second kappa shape index (κ2) is 5.04. The minimum atomic E-state index is -0.256. The number of rotatable bonds is 3. The Kier molecular flexibility index (Phi) is 3.08. The van der Waals surface area contributed by atoms with Gasteiger partial charge in [-0.3, -0.25) is 9.89 Å². The fraction of sp³-hybridized carbons (Fsp3) is 0.154. The van der Waals surface area contributed by atoms with Crippen LogP contribution in [0, 0.1) is 0 Å². The van der Waals surface area contributed by atoms with Crippen LogP contribution in [0.2, 0.25) is 0 Å². The second-order valence-electron chi connectivity index (χ2n) is 4.47. The number of H-pyrrole nitrogens is 1. The maximum Gasteiger partial charge on any atom is 0.319 e. The van der Waals surface area contributed by atoms with Crippen LogP contribution in [0.3, 0.4) is 0 Å². The van der Waals surface area contributed by atoms with Gasteiger partial charge in [-0.05, 0) is 17.7 Å². The first-order valence-electron chi connectivity index (χ1n) is 6.16. The van der Waals surface area contributed by atoms with Crippen molar-refractivity contribution in [2.45, 2.75) is 13.1 Å². The Balaban J connectivity index is 1.72. The van der Waals surface area contributed by atoms with Crippen molar-refractivity contribution in [3.05, 3.63) is 47.3 Å². The van der Waals surface area contributed by atoms with Crippen molar-refractivity contribution in [3.63, 3.8) is 0 Å². The number of aromatic amines is 1. The van der Waals surface area contributed by atoms with Gasteiger partial charge in [-0.25, -0.2) is 4.79 Å². The summed E-state index contributed by atoms with van der Waals surface area (Å²) in [5, 5.41) is 14.6. The third-order valence-electron chi connectivity index (χ3n) is 3.07. The number of nitrogens with one attached hydrogen (secondary N) is 4. The molecule has 0 spiro atoms. The van der Waals surface area contributed by atoms with Crippen LogP contribution in [0.1, 0.15) is 21.5 Å². The van der Waals surface area contributed by atoms with E-state index in [9.17, 15) is 9.59 Å². The third kappa shape index (κ3) is 2.46. The van der Waals surface area contributed by atoms with Gasteiger partial charge in [0, 0.05) is 36.1 Å². The summed E-state index contributed by atoms with van der Waals surface area (Å²) in [6.07, 6.45) is 3.37. The van der Waals surface area contributed by atoms with Gasteiger partial charge < -0.3 is 16.0 Å². The lowest BCUT2D eigenvalue weighted by Gasteiger charge is -2.18. The lowest BCUT2D eigenvalue weighted by Crippen LogP contribution is -2.33. The molecule has 102 valence electrons. The van der Waals surface area contributed by atoms with E-state index >= 15 is 0 Å². The highest BCUT2D eigenvalue weighted by Gasteiger charge is 2.15. The number of aromatic nitrogens is 2. The monoisotopic (exact) mass is 271 g/mol. The number of carbonyl (C=O) groups is 2. The summed E-state index contributed by atoms with van der Waals surface area (Å²) in [6, 6.07) is 4.99. The largest absolute Gasteiger partial charge is 0.348 e. The van der Waals surface area contributed by atoms with Crippen LogP contribution in [-0.2, 0) is 13.1 Å². The minimum absolute atomic E-state index is 0.193. The van der Waals surface area contributed by atoms with Crippen LogP contribution in [0.5, 0.6) is 0 Å². The predicted octanol–water partition coefficient (Wildman–Crippen LogP) is 0.975. The van der Waals surface area contributed by atoms with E-state index < -0.39 is 0 Å². The summed E-state index contributed by atoms with van der Waals surface area (Å²) >= 11 is 0. The Hall–Kier alpha value is -2.83. The summed E-state index contributed by atoms with van der Waals surface area (Å²) in [6.45, 7) is 0.873. The molecule has 0 unspecified atom stereocenters. The number of carbonyl (C=O) groups excluding carboxylic acids is 2. The molecule has 1 aliphatic rings. The number of urea groups is 1. The molecule has 4 N–H and O–H groups in total. The van der Waals surface area contributed by atoms with Gasteiger partial charge in [0.25, 0.3) is 5.91 Å². The van der Waals surface area contributed by atoms with Crippen LogP contribution in [0.4, 0.5) is 10.5 Å². The Labute approximate surface area is 114 Å². The number of nitrogens with zero attached hydrogens (tertiary/aromatic N) is 1. The van der Waals surface area contributed by atoms with E-state index in [1.54, 1.807) is 24.5 Å². The van der Waals surface area contributed by atoms with E-state index in [1.165, 1.54) is 0 Å². The molecule has 0 atom stereocenters. The van der Waals surface area contributed by atoms with E-state index in [1.807, 2.05) is 6.07 Å². The van der Waals surface area contributed by atoms with Gasteiger partial charge in [-0.15, -0.1) is 0 Å². The maximum atomic E-state index is 12.0. The molecule has 0 saturated heterocycles. The van der Waals surface area contributed by atoms with Crippen LogP contribution in [-0.4, -0.2) is 22.1 Å². The lowest BCUT2D eigenvalue weighted by molar-refractivity contribution is 0.0951. The summed E-state index contributed by atoms with van der Waals surface area (Å²) in [7, 11) is 0. The number of anilines is 1. The fourth-order valence-electron chi connectivity index (χ4n) is 1.99. The first kappa shape index (κ1) is 12.2. The van der Waals surface area contributed by atoms with E-state index in [0.717, 1.165) is 11.1 Å². The fourth-order valence-corrected chi connectivity index (χ4v) is 1.99. The van der Waals surface area contributed by atoms with Crippen LogP contribution in [0.25, 0.3) is 0 Å². The SMILES string of the molecule is O=C1NCc2ccc(C(=O)NCc3cn[nH]c3)cc2N1. The molecule has 20 heavy (non-hydrogen) atoms. The molecule has 3 rings (SSSR count). The second-order valence-corrected chi connectivity index (χ2v) is 4.47. The van der Waals surface area contributed by atoms with Crippen molar-refractivity contribution in [2.75, 3.05) is 5.32 Å². The molecule has 2 heterocycles. The molecule has 2 aromatic rings. The molecular weight excluding hydrogens is 258 g/mol. The van der Waals surface area contributed by atoms with E-state index in [-0.39, 0.29) is 11.9 Å². The average Bonchev–Trinajstić information content (AvgIpc) is 2.97. The minimum Gasteiger partial charge on any atom is -0.348 e. The highest BCUT2D eigenvalue weighted by Crippen LogP contribution is 2.20. The van der Waals surface area contributed by atoms with Gasteiger partial charge in [-0.2, -0.15) is 5.10 Å². The van der Waals surface area contributed by atoms with E-state index in [4.69, 9.17) is 0 Å². The van der Waals surface area contributed by atoms with Crippen molar-refractivity contribution in [1.29, 1.82) is 0 Å². The normalized spacial score (nSPS) is 13.1. The zero-order valence-corrected chi connectivity index (χ0v) is 10.6. The van der Waals surface area contributed by atoms with Crippen molar-refractivity contribution in [2.24, 2.45) is 0 Å². The molecule has 1 aromatic heterocycles. The topological polar surface area (TPSA) is 98.9 Å². The molecule has 0 saturated carbocycles. The van der Waals surface area contributed by atoms with Crippen LogP contribution >= 0.6 is 0 Å². The van der Waals surface area contributed by atoms with E-state index in [2.05, 4.69) is 26.1 Å². The maximum absolute atomic E-state index is 12.0. The average molecular weight is 271 g/mol. The highest BCUT2D eigenvalue weighted by atomic mass is 16.2. The first-order chi connectivity index (χ1) is 9.72. The molecular formula is C13H13N5O2. The van der Waals surface area contributed by atoms with Crippen molar-refractivity contribution < 1.29 is 9.59 Å². The molecule has 0 aliphatic carbocycles. The Morgan fingerprint density at radius 1 is 1.40 bits per heavy atom. The molecule has 0 bridgehead atoms.